The molecule has 0 spiro atoms. The number of likely N-dealkylation sites (tertiary alicyclic amines) is 1. The number of ether oxygens (including phenoxy) is 1. The number of amides is 1. The topological polar surface area (TPSA) is 32.8 Å². The van der Waals surface area contributed by atoms with Gasteiger partial charge in [-0.3, -0.25) is 4.79 Å². The predicted octanol–water partition coefficient (Wildman–Crippen LogP) is 2.46. The first-order valence-corrected chi connectivity index (χ1v) is 7.95. The standard InChI is InChI=1S/C17H24N2O2/c1-3-21-14-11-19(12-14)17(20)15-10-13(2)6-7-16(15)18-8-4-5-9-18/h6-7,10,14H,3-5,8-9,11-12H2,1-2H3. The quantitative estimate of drug-likeness (QED) is 0.853. The number of carbonyl (C=O) groups excluding carboxylic acids is 1. The van der Waals surface area contributed by atoms with Gasteiger partial charge in [0.15, 0.2) is 0 Å². The van der Waals surface area contributed by atoms with Crippen molar-refractivity contribution < 1.29 is 9.53 Å². The van der Waals surface area contributed by atoms with Gasteiger partial charge in [-0.25, -0.2) is 0 Å². The van der Waals surface area contributed by atoms with E-state index in [1.807, 2.05) is 24.8 Å². The first-order chi connectivity index (χ1) is 10.2. The van der Waals surface area contributed by atoms with Crippen molar-refractivity contribution in [2.45, 2.75) is 32.8 Å². The van der Waals surface area contributed by atoms with Crippen LogP contribution in [0.25, 0.3) is 0 Å². The summed E-state index contributed by atoms with van der Waals surface area (Å²) in [5.74, 6) is 0.150. The van der Waals surface area contributed by atoms with Gasteiger partial charge in [-0.15, -0.1) is 0 Å². The zero-order valence-electron chi connectivity index (χ0n) is 13.0. The molecule has 0 bridgehead atoms. The fourth-order valence-electron chi connectivity index (χ4n) is 3.17. The molecule has 2 saturated heterocycles. The molecule has 2 aliphatic heterocycles. The molecule has 0 atom stereocenters. The number of hydrogen-bond acceptors (Lipinski definition) is 3. The van der Waals surface area contributed by atoms with E-state index in [2.05, 4.69) is 17.0 Å². The molecule has 0 N–H and O–H groups in total. The molecule has 21 heavy (non-hydrogen) atoms. The SMILES string of the molecule is CCOC1CN(C(=O)c2cc(C)ccc2N2CCCC2)C1. The molecular formula is C17H24N2O2. The van der Waals surface area contributed by atoms with E-state index in [4.69, 9.17) is 4.74 Å². The second-order valence-corrected chi connectivity index (χ2v) is 6.00. The van der Waals surface area contributed by atoms with Gasteiger partial charge in [0.1, 0.15) is 0 Å². The van der Waals surface area contributed by atoms with E-state index in [1.54, 1.807) is 0 Å². The van der Waals surface area contributed by atoms with Crippen molar-refractivity contribution in [1.82, 2.24) is 4.90 Å². The van der Waals surface area contributed by atoms with Crippen LogP contribution in [0.2, 0.25) is 0 Å². The highest BCUT2D eigenvalue weighted by Crippen LogP contribution is 2.28. The molecule has 1 amide bonds. The highest BCUT2D eigenvalue weighted by Gasteiger charge is 2.33. The Labute approximate surface area is 126 Å². The molecule has 2 aliphatic rings. The van der Waals surface area contributed by atoms with E-state index in [0.29, 0.717) is 0 Å². The smallest absolute Gasteiger partial charge is 0.256 e. The molecule has 2 heterocycles. The monoisotopic (exact) mass is 288 g/mol. The van der Waals surface area contributed by atoms with Crippen LogP contribution in [-0.2, 0) is 4.74 Å². The highest BCUT2D eigenvalue weighted by atomic mass is 16.5. The average molecular weight is 288 g/mol. The van der Waals surface area contributed by atoms with Crippen molar-refractivity contribution in [2.75, 3.05) is 37.7 Å². The molecule has 0 unspecified atom stereocenters. The lowest BCUT2D eigenvalue weighted by molar-refractivity contribution is -0.0377. The Morgan fingerprint density at radius 2 is 2.00 bits per heavy atom. The van der Waals surface area contributed by atoms with E-state index >= 15 is 0 Å². The molecule has 1 aromatic rings. The van der Waals surface area contributed by atoms with Gasteiger partial charge in [-0.1, -0.05) is 11.6 Å². The number of anilines is 1. The van der Waals surface area contributed by atoms with Crippen molar-refractivity contribution >= 4 is 11.6 Å². The van der Waals surface area contributed by atoms with E-state index in [9.17, 15) is 4.79 Å². The van der Waals surface area contributed by atoms with Crippen LogP contribution in [0.15, 0.2) is 18.2 Å². The van der Waals surface area contributed by atoms with Gasteiger partial charge in [0.2, 0.25) is 0 Å². The van der Waals surface area contributed by atoms with E-state index in [0.717, 1.165) is 49.6 Å². The van der Waals surface area contributed by atoms with Crippen LogP contribution in [0.1, 0.15) is 35.7 Å². The lowest BCUT2D eigenvalue weighted by Gasteiger charge is -2.39. The molecule has 1 aromatic carbocycles. The highest BCUT2D eigenvalue weighted by molar-refractivity contribution is 6.00. The number of carbonyl (C=O) groups is 1. The molecule has 0 saturated carbocycles. The molecular weight excluding hydrogens is 264 g/mol. The molecule has 3 rings (SSSR count). The van der Waals surface area contributed by atoms with Gasteiger partial charge < -0.3 is 14.5 Å². The Hall–Kier alpha value is -1.55. The number of rotatable bonds is 4. The summed E-state index contributed by atoms with van der Waals surface area (Å²) in [5.41, 5.74) is 3.10. The van der Waals surface area contributed by atoms with Crippen molar-refractivity contribution in [3.8, 4) is 0 Å². The summed E-state index contributed by atoms with van der Waals surface area (Å²) < 4.78 is 5.54. The van der Waals surface area contributed by atoms with Crippen molar-refractivity contribution in [3.05, 3.63) is 29.3 Å². The van der Waals surface area contributed by atoms with E-state index in [1.165, 1.54) is 12.8 Å². The second-order valence-electron chi connectivity index (χ2n) is 6.00. The van der Waals surface area contributed by atoms with Gasteiger partial charge >= 0.3 is 0 Å². The Bertz CT molecular complexity index is 518. The minimum Gasteiger partial charge on any atom is -0.375 e. The molecule has 2 fully saturated rings. The predicted molar refractivity (Wildman–Crippen MR) is 83.9 cm³/mol. The maximum Gasteiger partial charge on any atom is 0.256 e. The molecule has 0 aromatic heterocycles. The third-order valence-corrected chi connectivity index (χ3v) is 4.37. The van der Waals surface area contributed by atoms with Gasteiger partial charge in [0.05, 0.1) is 11.7 Å². The van der Waals surface area contributed by atoms with Crippen molar-refractivity contribution in [3.63, 3.8) is 0 Å². The summed E-state index contributed by atoms with van der Waals surface area (Å²) in [5, 5.41) is 0. The first-order valence-electron chi connectivity index (χ1n) is 7.95. The molecule has 0 radical (unpaired) electrons. The van der Waals surface area contributed by atoms with Gasteiger partial charge in [-0.05, 0) is 38.8 Å². The second kappa shape index (κ2) is 6.06. The average Bonchev–Trinajstić information content (AvgIpc) is 2.95. The van der Waals surface area contributed by atoms with Crippen LogP contribution in [0, 0.1) is 6.92 Å². The van der Waals surface area contributed by atoms with Crippen LogP contribution in [-0.4, -0.2) is 49.7 Å². The minimum absolute atomic E-state index is 0.150. The van der Waals surface area contributed by atoms with Crippen LogP contribution in [0.5, 0.6) is 0 Å². The van der Waals surface area contributed by atoms with Crippen LogP contribution >= 0.6 is 0 Å². The Balaban J connectivity index is 1.77. The van der Waals surface area contributed by atoms with Crippen molar-refractivity contribution in [1.29, 1.82) is 0 Å². The number of benzene rings is 1. The van der Waals surface area contributed by atoms with E-state index in [-0.39, 0.29) is 12.0 Å². The lowest BCUT2D eigenvalue weighted by Crippen LogP contribution is -2.54. The van der Waals surface area contributed by atoms with Gasteiger partial charge in [0, 0.05) is 38.5 Å². The number of nitrogens with zero attached hydrogens (tertiary/aromatic N) is 2. The summed E-state index contributed by atoms with van der Waals surface area (Å²) in [7, 11) is 0. The summed E-state index contributed by atoms with van der Waals surface area (Å²) in [6.07, 6.45) is 2.66. The maximum atomic E-state index is 12.8. The number of aryl methyl sites for hydroxylation is 1. The summed E-state index contributed by atoms with van der Waals surface area (Å²) in [6.45, 7) is 8.33. The summed E-state index contributed by atoms with van der Waals surface area (Å²) in [6, 6.07) is 6.24. The minimum atomic E-state index is 0.150. The maximum absolute atomic E-state index is 12.8. The molecule has 4 heteroatoms. The molecule has 114 valence electrons. The Morgan fingerprint density at radius 3 is 2.67 bits per heavy atom. The Kier molecular flexibility index (Phi) is 4.15. The lowest BCUT2D eigenvalue weighted by atomic mass is 10.0. The third-order valence-electron chi connectivity index (χ3n) is 4.37. The zero-order valence-corrected chi connectivity index (χ0v) is 13.0. The first kappa shape index (κ1) is 14.4. The fourth-order valence-corrected chi connectivity index (χ4v) is 3.17. The summed E-state index contributed by atoms with van der Waals surface area (Å²) >= 11 is 0. The van der Waals surface area contributed by atoms with Gasteiger partial charge in [-0.2, -0.15) is 0 Å². The zero-order chi connectivity index (χ0) is 14.8. The normalized spacial score (nSPS) is 19.0. The van der Waals surface area contributed by atoms with Crippen LogP contribution in [0.3, 0.4) is 0 Å². The summed E-state index contributed by atoms with van der Waals surface area (Å²) in [4.78, 5) is 17.0. The van der Waals surface area contributed by atoms with E-state index < -0.39 is 0 Å². The Morgan fingerprint density at radius 1 is 1.29 bits per heavy atom. The van der Waals surface area contributed by atoms with Crippen LogP contribution < -0.4 is 4.90 Å². The number of hydrogen-bond donors (Lipinski definition) is 0. The fraction of sp³-hybridized carbons (Fsp3) is 0.588. The third kappa shape index (κ3) is 2.91. The van der Waals surface area contributed by atoms with Crippen molar-refractivity contribution in [2.24, 2.45) is 0 Å². The molecule has 0 aliphatic carbocycles. The van der Waals surface area contributed by atoms with Crippen LogP contribution in [0.4, 0.5) is 5.69 Å². The largest absolute Gasteiger partial charge is 0.375 e. The molecule has 4 nitrogen and oxygen atoms in total. The van der Waals surface area contributed by atoms with Gasteiger partial charge in [0.25, 0.3) is 5.91 Å².